The molecule has 0 aromatic carbocycles. The van der Waals surface area contributed by atoms with Crippen LogP contribution in [-0.2, 0) is 0 Å². The van der Waals surface area contributed by atoms with Crippen molar-refractivity contribution >= 4 is 11.6 Å². The van der Waals surface area contributed by atoms with E-state index in [0.717, 1.165) is 50.5 Å². The Kier molecular flexibility index (Phi) is 5.79. The molecule has 0 aliphatic carbocycles. The fourth-order valence-corrected chi connectivity index (χ4v) is 2.71. The second-order valence-electron chi connectivity index (χ2n) is 6.48. The molecule has 1 aromatic rings. The highest BCUT2D eigenvalue weighted by molar-refractivity contribution is 5.49. The number of nitrogens with zero attached hydrogens (tertiary/aromatic N) is 4. The summed E-state index contributed by atoms with van der Waals surface area (Å²) in [6, 6.07) is 2.07. The molecule has 0 amide bonds. The molecule has 1 atom stereocenters. The molecule has 1 N–H and O–H groups in total. The molecule has 5 heteroatoms. The summed E-state index contributed by atoms with van der Waals surface area (Å²) in [6.07, 6.45) is 5.04. The van der Waals surface area contributed by atoms with Gasteiger partial charge in [0.05, 0.1) is 0 Å². The molecule has 0 bridgehead atoms. The summed E-state index contributed by atoms with van der Waals surface area (Å²) in [5, 5.41) is 9.35. The van der Waals surface area contributed by atoms with Crippen LogP contribution in [0.4, 0.5) is 11.6 Å². The molecule has 1 aromatic heterocycles. The van der Waals surface area contributed by atoms with E-state index in [9.17, 15) is 5.11 Å². The van der Waals surface area contributed by atoms with Gasteiger partial charge in [0.2, 0.25) is 0 Å². The van der Waals surface area contributed by atoms with Crippen LogP contribution in [0.5, 0.6) is 0 Å². The lowest BCUT2D eigenvalue weighted by molar-refractivity contribution is 0.208. The van der Waals surface area contributed by atoms with E-state index in [0.29, 0.717) is 11.8 Å². The first-order chi connectivity index (χ1) is 10.1. The number of hydrogen-bond acceptors (Lipinski definition) is 5. The lowest BCUT2D eigenvalue weighted by Gasteiger charge is -2.33. The summed E-state index contributed by atoms with van der Waals surface area (Å²) < 4.78 is 0. The Morgan fingerprint density at radius 3 is 2.95 bits per heavy atom. The summed E-state index contributed by atoms with van der Waals surface area (Å²) in [7, 11) is 2.08. The van der Waals surface area contributed by atoms with Gasteiger partial charge in [0.25, 0.3) is 0 Å². The number of anilines is 2. The van der Waals surface area contributed by atoms with Crippen molar-refractivity contribution in [1.29, 1.82) is 0 Å². The van der Waals surface area contributed by atoms with Crippen LogP contribution in [0.15, 0.2) is 12.4 Å². The molecule has 5 nitrogen and oxygen atoms in total. The van der Waals surface area contributed by atoms with Crippen molar-refractivity contribution in [2.75, 3.05) is 43.1 Å². The molecular formula is C16H28N4O. The van der Waals surface area contributed by atoms with E-state index < -0.39 is 0 Å². The van der Waals surface area contributed by atoms with Gasteiger partial charge < -0.3 is 14.9 Å². The van der Waals surface area contributed by atoms with Crippen LogP contribution in [-0.4, -0.2) is 48.4 Å². The maximum absolute atomic E-state index is 9.35. The number of aliphatic hydroxyl groups is 1. The third-order valence-corrected chi connectivity index (χ3v) is 4.17. The Morgan fingerprint density at radius 1 is 1.43 bits per heavy atom. The van der Waals surface area contributed by atoms with Gasteiger partial charge in [-0.1, -0.05) is 13.8 Å². The zero-order chi connectivity index (χ0) is 15.2. The van der Waals surface area contributed by atoms with E-state index in [2.05, 4.69) is 46.7 Å². The van der Waals surface area contributed by atoms with Crippen LogP contribution in [0, 0.1) is 11.8 Å². The number of hydrogen-bond donors (Lipinski definition) is 1. The molecule has 1 unspecified atom stereocenters. The quantitative estimate of drug-likeness (QED) is 0.871. The Balaban J connectivity index is 2.03. The van der Waals surface area contributed by atoms with Crippen LogP contribution in [0.2, 0.25) is 0 Å². The van der Waals surface area contributed by atoms with Gasteiger partial charge in [-0.25, -0.2) is 9.97 Å². The van der Waals surface area contributed by atoms with Crippen LogP contribution in [0.25, 0.3) is 0 Å². The highest BCUT2D eigenvalue weighted by Crippen LogP contribution is 2.23. The van der Waals surface area contributed by atoms with Crippen molar-refractivity contribution in [2.24, 2.45) is 11.8 Å². The molecule has 0 saturated carbocycles. The fraction of sp³-hybridized carbons (Fsp3) is 0.750. The van der Waals surface area contributed by atoms with Crippen LogP contribution in [0.3, 0.4) is 0 Å². The number of aromatic nitrogens is 2. The zero-order valence-electron chi connectivity index (χ0n) is 13.5. The first-order valence-corrected chi connectivity index (χ1v) is 7.99. The van der Waals surface area contributed by atoms with E-state index in [4.69, 9.17) is 0 Å². The van der Waals surface area contributed by atoms with E-state index >= 15 is 0 Å². The van der Waals surface area contributed by atoms with Gasteiger partial charge >= 0.3 is 0 Å². The average Bonchev–Trinajstić information content (AvgIpc) is 2.52. The van der Waals surface area contributed by atoms with Gasteiger partial charge in [-0.15, -0.1) is 0 Å². The Labute approximate surface area is 128 Å². The minimum Gasteiger partial charge on any atom is -0.396 e. The molecule has 1 aliphatic rings. The van der Waals surface area contributed by atoms with E-state index in [1.54, 1.807) is 6.33 Å². The van der Waals surface area contributed by atoms with Gasteiger partial charge in [0.1, 0.15) is 18.0 Å². The molecule has 2 heterocycles. The van der Waals surface area contributed by atoms with E-state index in [1.807, 2.05) is 0 Å². The summed E-state index contributed by atoms with van der Waals surface area (Å²) in [4.78, 5) is 13.3. The normalized spacial score (nSPS) is 19.1. The smallest absolute Gasteiger partial charge is 0.134 e. The fourth-order valence-electron chi connectivity index (χ4n) is 2.71. The zero-order valence-corrected chi connectivity index (χ0v) is 13.5. The predicted molar refractivity (Wildman–Crippen MR) is 86.8 cm³/mol. The monoisotopic (exact) mass is 292 g/mol. The van der Waals surface area contributed by atoms with Gasteiger partial charge in [-0.05, 0) is 31.1 Å². The predicted octanol–water partition coefficient (Wildman–Crippen LogP) is 2.17. The molecule has 0 spiro atoms. The molecule has 118 valence electrons. The minimum atomic E-state index is 0.267. The SMILES string of the molecule is CC(C)CCN(C)c1cc(N2CCCC(CO)C2)ncn1. The molecule has 1 saturated heterocycles. The molecule has 1 fully saturated rings. The lowest BCUT2D eigenvalue weighted by atomic mass is 9.99. The van der Waals surface area contributed by atoms with Crippen molar-refractivity contribution < 1.29 is 5.11 Å². The minimum absolute atomic E-state index is 0.267. The van der Waals surface area contributed by atoms with Gasteiger partial charge in [-0.2, -0.15) is 0 Å². The van der Waals surface area contributed by atoms with Crippen molar-refractivity contribution in [1.82, 2.24) is 9.97 Å². The van der Waals surface area contributed by atoms with E-state index in [1.165, 1.54) is 0 Å². The van der Waals surface area contributed by atoms with Crippen molar-refractivity contribution in [3.63, 3.8) is 0 Å². The Hall–Kier alpha value is -1.36. The maximum atomic E-state index is 9.35. The van der Waals surface area contributed by atoms with Crippen LogP contribution in [0.1, 0.15) is 33.1 Å². The number of piperidine rings is 1. The maximum Gasteiger partial charge on any atom is 0.134 e. The Bertz CT molecular complexity index is 438. The molecular weight excluding hydrogens is 264 g/mol. The van der Waals surface area contributed by atoms with Crippen LogP contribution >= 0.6 is 0 Å². The van der Waals surface area contributed by atoms with E-state index in [-0.39, 0.29) is 6.61 Å². The first kappa shape index (κ1) is 16.0. The third-order valence-electron chi connectivity index (χ3n) is 4.17. The number of aliphatic hydroxyl groups excluding tert-OH is 1. The molecule has 21 heavy (non-hydrogen) atoms. The van der Waals surface area contributed by atoms with Gasteiger partial charge in [0.15, 0.2) is 0 Å². The highest BCUT2D eigenvalue weighted by atomic mass is 16.3. The van der Waals surface area contributed by atoms with Crippen molar-refractivity contribution in [3.8, 4) is 0 Å². The second-order valence-corrected chi connectivity index (χ2v) is 6.48. The summed E-state index contributed by atoms with van der Waals surface area (Å²) >= 11 is 0. The Morgan fingerprint density at radius 2 is 2.24 bits per heavy atom. The molecule has 1 aliphatic heterocycles. The van der Waals surface area contributed by atoms with Crippen molar-refractivity contribution in [2.45, 2.75) is 33.1 Å². The summed E-state index contributed by atoms with van der Waals surface area (Å²) in [6.45, 7) is 7.66. The first-order valence-electron chi connectivity index (χ1n) is 7.99. The second kappa shape index (κ2) is 7.59. The lowest BCUT2D eigenvalue weighted by Crippen LogP contribution is -2.37. The van der Waals surface area contributed by atoms with Gasteiger partial charge in [0, 0.05) is 39.4 Å². The average molecular weight is 292 g/mol. The largest absolute Gasteiger partial charge is 0.396 e. The standard InChI is InChI=1S/C16H28N4O/c1-13(2)6-8-19(3)15-9-16(18-12-17-15)20-7-4-5-14(10-20)11-21/h9,12-14,21H,4-8,10-11H2,1-3H3. The molecule has 0 radical (unpaired) electrons. The summed E-state index contributed by atoms with van der Waals surface area (Å²) in [5.74, 6) is 3.03. The highest BCUT2D eigenvalue weighted by Gasteiger charge is 2.20. The van der Waals surface area contributed by atoms with Gasteiger partial charge in [-0.3, -0.25) is 0 Å². The summed E-state index contributed by atoms with van der Waals surface area (Å²) in [5.41, 5.74) is 0. The number of rotatable bonds is 6. The topological polar surface area (TPSA) is 52.5 Å². The van der Waals surface area contributed by atoms with Crippen molar-refractivity contribution in [3.05, 3.63) is 12.4 Å². The van der Waals surface area contributed by atoms with Crippen LogP contribution < -0.4 is 9.80 Å². The third kappa shape index (κ3) is 4.56. The molecule has 2 rings (SSSR count).